The van der Waals surface area contributed by atoms with E-state index in [2.05, 4.69) is 21.2 Å². The van der Waals surface area contributed by atoms with Crippen LogP contribution in [0.2, 0.25) is 5.02 Å². The quantitative estimate of drug-likeness (QED) is 0.720. The molecule has 0 radical (unpaired) electrons. The van der Waals surface area contributed by atoms with Gasteiger partial charge in [-0.1, -0.05) is 11.6 Å². The molecule has 0 fully saturated rings. The van der Waals surface area contributed by atoms with Gasteiger partial charge in [-0.3, -0.25) is 4.79 Å². The summed E-state index contributed by atoms with van der Waals surface area (Å²) < 4.78 is 0.588. The number of hydrogen-bond donors (Lipinski definition) is 3. The number of nitrogens with one attached hydrogen (secondary N) is 1. The summed E-state index contributed by atoms with van der Waals surface area (Å²) >= 11 is 9.13. The fourth-order valence-corrected chi connectivity index (χ4v) is 2.27. The van der Waals surface area contributed by atoms with Gasteiger partial charge < -0.3 is 16.2 Å². The zero-order chi connectivity index (χ0) is 15.6. The van der Waals surface area contributed by atoms with E-state index in [1.807, 2.05) is 0 Å². The summed E-state index contributed by atoms with van der Waals surface area (Å²) in [6.07, 6.45) is 0. The average molecular weight is 370 g/mol. The van der Waals surface area contributed by atoms with Crippen molar-refractivity contribution >= 4 is 50.8 Å². The number of anilines is 2. The summed E-state index contributed by atoms with van der Waals surface area (Å²) in [4.78, 5) is 23.0. The summed E-state index contributed by atoms with van der Waals surface area (Å²) in [5.74, 6) is -1.49. The number of carboxylic acids is 1. The van der Waals surface area contributed by atoms with Gasteiger partial charge >= 0.3 is 5.97 Å². The van der Waals surface area contributed by atoms with Gasteiger partial charge in [-0.25, -0.2) is 4.79 Å². The molecule has 0 aliphatic carbocycles. The van der Waals surface area contributed by atoms with Crippen LogP contribution in [0.1, 0.15) is 20.7 Å². The number of benzene rings is 2. The Morgan fingerprint density at radius 2 is 1.90 bits per heavy atom. The first-order valence-corrected chi connectivity index (χ1v) is 6.95. The molecular weight excluding hydrogens is 360 g/mol. The highest BCUT2D eigenvalue weighted by Crippen LogP contribution is 2.25. The van der Waals surface area contributed by atoms with E-state index in [0.29, 0.717) is 20.7 Å². The molecule has 0 bridgehead atoms. The largest absolute Gasteiger partial charge is 0.478 e. The first-order chi connectivity index (χ1) is 9.88. The Kier molecular flexibility index (Phi) is 4.50. The maximum atomic E-state index is 12.2. The first-order valence-electron chi connectivity index (χ1n) is 5.77. The Hall–Kier alpha value is -2.05. The van der Waals surface area contributed by atoms with Crippen molar-refractivity contribution < 1.29 is 14.7 Å². The van der Waals surface area contributed by atoms with Crippen molar-refractivity contribution in [1.82, 2.24) is 0 Å². The molecule has 2 rings (SSSR count). The average Bonchev–Trinajstić information content (AvgIpc) is 2.43. The SMILES string of the molecule is Nc1cc(C(=O)O)ccc1NC(=O)c1cc(Cl)ccc1Br. The first kappa shape index (κ1) is 15.3. The topological polar surface area (TPSA) is 92.4 Å². The molecule has 108 valence electrons. The number of nitrogens with two attached hydrogens (primary N) is 1. The predicted molar refractivity (Wildman–Crippen MR) is 84.9 cm³/mol. The maximum absolute atomic E-state index is 12.2. The van der Waals surface area contributed by atoms with Crippen LogP contribution in [0.4, 0.5) is 11.4 Å². The van der Waals surface area contributed by atoms with Gasteiger partial charge in [-0.05, 0) is 52.3 Å². The number of rotatable bonds is 3. The third-order valence-electron chi connectivity index (χ3n) is 2.72. The van der Waals surface area contributed by atoms with Crippen molar-refractivity contribution in [1.29, 1.82) is 0 Å². The number of nitrogen functional groups attached to an aromatic ring is 1. The molecule has 0 aliphatic heterocycles. The third kappa shape index (κ3) is 3.53. The Balaban J connectivity index is 2.27. The molecule has 5 nitrogen and oxygen atoms in total. The molecule has 0 saturated carbocycles. The summed E-state index contributed by atoms with van der Waals surface area (Å²) in [5, 5.41) is 11.9. The number of carboxylic acid groups (broad SMARTS) is 1. The standard InChI is InChI=1S/C14H10BrClN2O3/c15-10-3-2-8(16)6-9(10)13(19)18-12-4-1-7(14(20)21)5-11(12)17/h1-6H,17H2,(H,18,19)(H,20,21). The summed E-state index contributed by atoms with van der Waals surface area (Å²) in [7, 11) is 0. The van der Waals surface area contributed by atoms with Crippen molar-refractivity contribution in [3.8, 4) is 0 Å². The van der Waals surface area contributed by atoms with E-state index in [9.17, 15) is 9.59 Å². The van der Waals surface area contributed by atoms with Gasteiger partial charge in [-0.15, -0.1) is 0 Å². The zero-order valence-corrected chi connectivity index (χ0v) is 12.9. The van der Waals surface area contributed by atoms with Gasteiger partial charge in [-0.2, -0.15) is 0 Å². The van der Waals surface area contributed by atoms with Gasteiger partial charge in [0.15, 0.2) is 0 Å². The number of hydrogen-bond acceptors (Lipinski definition) is 3. The van der Waals surface area contributed by atoms with E-state index in [0.717, 1.165) is 0 Å². The summed E-state index contributed by atoms with van der Waals surface area (Å²) in [6, 6.07) is 8.91. The van der Waals surface area contributed by atoms with E-state index in [-0.39, 0.29) is 11.3 Å². The Morgan fingerprint density at radius 3 is 2.52 bits per heavy atom. The molecule has 0 heterocycles. The lowest BCUT2D eigenvalue weighted by Crippen LogP contribution is -2.14. The number of aromatic carboxylic acids is 1. The maximum Gasteiger partial charge on any atom is 0.335 e. The van der Waals surface area contributed by atoms with Crippen LogP contribution in [-0.4, -0.2) is 17.0 Å². The molecule has 0 spiro atoms. The molecule has 0 saturated heterocycles. The number of carbonyl (C=O) groups excluding carboxylic acids is 1. The van der Waals surface area contributed by atoms with Crippen LogP contribution in [0.3, 0.4) is 0 Å². The number of amides is 1. The second kappa shape index (κ2) is 6.15. The van der Waals surface area contributed by atoms with Crippen molar-refractivity contribution in [2.45, 2.75) is 0 Å². The normalized spacial score (nSPS) is 10.2. The second-order valence-corrected chi connectivity index (χ2v) is 5.48. The van der Waals surface area contributed by atoms with E-state index in [1.54, 1.807) is 12.1 Å². The van der Waals surface area contributed by atoms with E-state index in [1.165, 1.54) is 24.3 Å². The van der Waals surface area contributed by atoms with Gasteiger partial charge in [0, 0.05) is 9.50 Å². The molecule has 7 heteroatoms. The van der Waals surface area contributed by atoms with Crippen LogP contribution in [0.15, 0.2) is 40.9 Å². The zero-order valence-electron chi connectivity index (χ0n) is 10.6. The van der Waals surface area contributed by atoms with Gasteiger partial charge in [0.05, 0.1) is 22.5 Å². The molecule has 4 N–H and O–H groups in total. The van der Waals surface area contributed by atoms with Crippen molar-refractivity contribution in [2.75, 3.05) is 11.1 Å². The van der Waals surface area contributed by atoms with E-state index >= 15 is 0 Å². The molecule has 21 heavy (non-hydrogen) atoms. The molecule has 2 aromatic carbocycles. The second-order valence-electron chi connectivity index (χ2n) is 4.19. The minimum absolute atomic E-state index is 0.0504. The summed E-state index contributed by atoms with van der Waals surface area (Å²) in [6.45, 7) is 0. The highest BCUT2D eigenvalue weighted by molar-refractivity contribution is 9.10. The smallest absolute Gasteiger partial charge is 0.335 e. The van der Waals surface area contributed by atoms with E-state index in [4.69, 9.17) is 22.4 Å². The molecule has 0 aliphatic rings. The highest BCUT2D eigenvalue weighted by Gasteiger charge is 2.13. The lowest BCUT2D eigenvalue weighted by Gasteiger charge is -2.10. The van der Waals surface area contributed by atoms with Crippen LogP contribution in [0.5, 0.6) is 0 Å². The predicted octanol–water partition coefficient (Wildman–Crippen LogP) is 3.64. The van der Waals surface area contributed by atoms with Crippen molar-refractivity contribution in [2.24, 2.45) is 0 Å². The van der Waals surface area contributed by atoms with Crippen LogP contribution in [0.25, 0.3) is 0 Å². The highest BCUT2D eigenvalue weighted by atomic mass is 79.9. The third-order valence-corrected chi connectivity index (χ3v) is 3.65. The Labute approximate surface area is 133 Å². The molecule has 0 aromatic heterocycles. The van der Waals surface area contributed by atoms with E-state index < -0.39 is 11.9 Å². The summed E-state index contributed by atoms with van der Waals surface area (Å²) in [5.41, 5.74) is 6.64. The molecule has 1 amide bonds. The molecule has 0 atom stereocenters. The number of halogens is 2. The lowest BCUT2D eigenvalue weighted by atomic mass is 10.1. The Morgan fingerprint density at radius 1 is 1.19 bits per heavy atom. The molecule has 2 aromatic rings. The van der Waals surface area contributed by atoms with Crippen LogP contribution >= 0.6 is 27.5 Å². The molecular formula is C14H10BrClN2O3. The van der Waals surface area contributed by atoms with Crippen LogP contribution in [0, 0.1) is 0 Å². The van der Waals surface area contributed by atoms with Crippen LogP contribution < -0.4 is 11.1 Å². The van der Waals surface area contributed by atoms with Crippen molar-refractivity contribution in [3.05, 3.63) is 57.0 Å². The fourth-order valence-electron chi connectivity index (χ4n) is 1.67. The minimum atomic E-state index is -1.09. The number of carbonyl (C=O) groups is 2. The van der Waals surface area contributed by atoms with Gasteiger partial charge in [0.2, 0.25) is 0 Å². The van der Waals surface area contributed by atoms with Gasteiger partial charge in [0.1, 0.15) is 0 Å². The molecule has 0 unspecified atom stereocenters. The monoisotopic (exact) mass is 368 g/mol. The Bertz CT molecular complexity index is 734. The minimum Gasteiger partial charge on any atom is -0.478 e. The van der Waals surface area contributed by atoms with Crippen LogP contribution in [-0.2, 0) is 0 Å². The fraction of sp³-hybridized carbons (Fsp3) is 0. The van der Waals surface area contributed by atoms with Crippen molar-refractivity contribution in [3.63, 3.8) is 0 Å². The lowest BCUT2D eigenvalue weighted by molar-refractivity contribution is 0.0697. The van der Waals surface area contributed by atoms with Gasteiger partial charge in [0.25, 0.3) is 5.91 Å².